The quantitative estimate of drug-likeness (QED) is 0.820. The summed E-state index contributed by atoms with van der Waals surface area (Å²) in [4.78, 5) is 26.7. The van der Waals surface area contributed by atoms with Crippen LogP contribution >= 0.6 is 0 Å². The smallest absolute Gasteiger partial charge is 0.387 e. The second-order valence-electron chi connectivity index (χ2n) is 5.51. The Hall–Kier alpha value is -2.22. The van der Waals surface area contributed by atoms with Crippen LogP contribution in [0, 0.1) is 0 Å². The van der Waals surface area contributed by atoms with E-state index in [4.69, 9.17) is 5.11 Å². The van der Waals surface area contributed by atoms with E-state index in [-0.39, 0.29) is 23.6 Å². The van der Waals surface area contributed by atoms with Crippen LogP contribution < -0.4 is 4.74 Å². The number of carboxylic acids is 1. The summed E-state index contributed by atoms with van der Waals surface area (Å²) in [5.41, 5.74) is 0.122. The van der Waals surface area contributed by atoms with Gasteiger partial charge in [-0.3, -0.25) is 14.5 Å². The number of rotatable bonds is 7. The Labute approximate surface area is 138 Å². The van der Waals surface area contributed by atoms with Gasteiger partial charge in [0.1, 0.15) is 5.75 Å². The maximum atomic E-state index is 12.5. The van der Waals surface area contributed by atoms with Crippen molar-refractivity contribution in [2.75, 3.05) is 32.7 Å². The molecule has 2 rings (SSSR count). The molecule has 24 heavy (non-hydrogen) atoms. The van der Waals surface area contributed by atoms with E-state index in [9.17, 15) is 18.4 Å². The number of aliphatic carboxylic acids is 1. The van der Waals surface area contributed by atoms with E-state index in [0.29, 0.717) is 39.1 Å². The molecule has 1 aliphatic rings. The van der Waals surface area contributed by atoms with Crippen molar-refractivity contribution < 1.29 is 28.2 Å². The van der Waals surface area contributed by atoms with Gasteiger partial charge >= 0.3 is 12.6 Å². The second kappa shape index (κ2) is 8.58. The van der Waals surface area contributed by atoms with Gasteiger partial charge in [-0.1, -0.05) is 12.1 Å². The Morgan fingerprint density at radius 2 is 1.83 bits per heavy atom. The number of benzene rings is 1. The van der Waals surface area contributed by atoms with Crippen molar-refractivity contribution in [2.24, 2.45) is 0 Å². The van der Waals surface area contributed by atoms with Crippen molar-refractivity contribution >= 4 is 11.9 Å². The third kappa shape index (κ3) is 5.16. The monoisotopic (exact) mass is 342 g/mol. The summed E-state index contributed by atoms with van der Waals surface area (Å²) >= 11 is 0. The summed E-state index contributed by atoms with van der Waals surface area (Å²) in [5.74, 6) is -1.28. The number of hydrogen-bond acceptors (Lipinski definition) is 4. The standard InChI is InChI=1S/C16H20F2N2O4/c17-16(18)24-13-5-2-1-4-12(13)15(23)20-10-8-19(9-11-20)7-3-6-14(21)22/h1-2,4-5,16H,3,6-11H2,(H,21,22). The fourth-order valence-corrected chi connectivity index (χ4v) is 2.64. The molecule has 0 unspecified atom stereocenters. The molecule has 0 radical (unpaired) electrons. The number of carbonyl (C=O) groups excluding carboxylic acids is 1. The average molecular weight is 342 g/mol. The number of carboxylic acid groups (broad SMARTS) is 1. The molecule has 0 saturated carbocycles. The summed E-state index contributed by atoms with van der Waals surface area (Å²) in [6, 6.07) is 5.96. The highest BCUT2D eigenvalue weighted by atomic mass is 19.3. The Balaban J connectivity index is 1.90. The van der Waals surface area contributed by atoms with Gasteiger partial charge < -0.3 is 14.7 Å². The van der Waals surface area contributed by atoms with Crippen molar-refractivity contribution in [3.05, 3.63) is 29.8 Å². The van der Waals surface area contributed by atoms with Gasteiger partial charge in [0, 0.05) is 32.6 Å². The van der Waals surface area contributed by atoms with Gasteiger partial charge in [0.2, 0.25) is 0 Å². The number of carbonyl (C=O) groups is 2. The summed E-state index contributed by atoms with van der Waals surface area (Å²) in [7, 11) is 0. The lowest BCUT2D eigenvalue weighted by Gasteiger charge is -2.34. The normalized spacial score (nSPS) is 15.5. The highest BCUT2D eigenvalue weighted by Gasteiger charge is 2.24. The van der Waals surface area contributed by atoms with E-state index in [2.05, 4.69) is 9.64 Å². The van der Waals surface area contributed by atoms with Crippen molar-refractivity contribution in [1.82, 2.24) is 9.80 Å². The lowest BCUT2D eigenvalue weighted by atomic mass is 10.1. The number of halogens is 2. The third-order valence-electron chi connectivity index (χ3n) is 3.86. The van der Waals surface area contributed by atoms with Crippen LogP contribution in [0.1, 0.15) is 23.2 Å². The van der Waals surface area contributed by atoms with Gasteiger partial charge in [-0.05, 0) is 25.1 Å². The molecule has 1 aromatic rings. The zero-order chi connectivity index (χ0) is 17.5. The number of piperazine rings is 1. The Morgan fingerprint density at radius 1 is 1.17 bits per heavy atom. The van der Waals surface area contributed by atoms with Gasteiger partial charge in [-0.15, -0.1) is 0 Å². The topological polar surface area (TPSA) is 70.1 Å². The van der Waals surface area contributed by atoms with E-state index >= 15 is 0 Å². The van der Waals surface area contributed by atoms with E-state index in [0.717, 1.165) is 0 Å². The zero-order valence-electron chi connectivity index (χ0n) is 13.2. The van der Waals surface area contributed by atoms with Crippen molar-refractivity contribution in [3.8, 4) is 5.75 Å². The molecule has 1 fully saturated rings. The van der Waals surface area contributed by atoms with Gasteiger partial charge in [0.05, 0.1) is 5.56 Å². The molecule has 0 aromatic heterocycles. The predicted molar refractivity (Wildman–Crippen MR) is 82.3 cm³/mol. The predicted octanol–water partition coefficient (Wildman–Crippen LogP) is 1.91. The van der Waals surface area contributed by atoms with E-state index < -0.39 is 12.6 Å². The minimum Gasteiger partial charge on any atom is -0.481 e. The lowest BCUT2D eigenvalue weighted by Crippen LogP contribution is -2.48. The molecular formula is C16H20F2N2O4. The highest BCUT2D eigenvalue weighted by Crippen LogP contribution is 2.22. The largest absolute Gasteiger partial charge is 0.481 e. The minimum atomic E-state index is -2.98. The first kappa shape index (κ1) is 18.1. The number of ether oxygens (including phenoxy) is 1. The summed E-state index contributed by atoms with van der Waals surface area (Å²) in [5, 5.41) is 8.64. The first-order valence-corrected chi connectivity index (χ1v) is 7.74. The summed E-state index contributed by atoms with van der Waals surface area (Å²) in [6.07, 6.45) is 0.686. The molecule has 1 heterocycles. The second-order valence-corrected chi connectivity index (χ2v) is 5.51. The number of nitrogens with zero attached hydrogens (tertiary/aromatic N) is 2. The van der Waals surface area contributed by atoms with Crippen LogP contribution in [0.4, 0.5) is 8.78 Å². The fraction of sp³-hybridized carbons (Fsp3) is 0.500. The Bertz CT molecular complexity index is 575. The van der Waals surface area contributed by atoms with E-state index in [1.165, 1.54) is 18.2 Å². The van der Waals surface area contributed by atoms with Crippen LogP contribution in [0.3, 0.4) is 0 Å². The maximum absolute atomic E-state index is 12.5. The van der Waals surface area contributed by atoms with Gasteiger partial charge in [-0.2, -0.15) is 8.78 Å². The Kier molecular flexibility index (Phi) is 6.48. The summed E-state index contributed by atoms with van der Waals surface area (Å²) < 4.78 is 29.3. The van der Waals surface area contributed by atoms with Crippen molar-refractivity contribution in [2.45, 2.75) is 19.5 Å². The zero-order valence-corrected chi connectivity index (χ0v) is 13.2. The van der Waals surface area contributed by atoms with Crippen LogP contribution in [0.2, 0.25) is 0 Å². The number of alkyl halides is 2. The Morgan fingerprint density at radius 3 is 2.46 bits per heavy atom. The van der Waals surface area contributed by atoms with Crippen LogP contribution in [0.5, 0.6) is 5.75 Å². The highest BCUT2D eigenvalue weighted by molar-refractivity contribution is 5.97. The molecule has 1 N–H and O–H groups in total. The molecule has 0 spiro atoms. The molecule has 0 atom stereocenters. The molecule has 1 saturated heterocycles. The molecule has 1 aromatic carbocycles. The molecule has 0 bridgehead atoms. The molecule has 8 heteroatoms. The van der Waals surface area contributed by atoms with Gasteiger partial charge in [0.25, 0.3) is 5.91 Å². The first-order chi connectivity index (χ1) is 11.5. The van der Waals surface area contributed by atoms with E-state index in [1.54, 1.807) is 11.0 Å². The van der Waals surface area contributed by atoms with Gasteiger partial charge in [0.15, 0.2) is 0 Å². The number of para-hydroxylation sites is 1. The minimum absolute atomic E-state index is 0.122. The van der Waals surface area contributed by atoms with Crippen molar-refractivity contribution in [1.29, 1.82) is 0 Å². The average Bonchev–Trinajstić information content (AvgIpc) is 2.54. The van der Waals surface area contributed by atoms with Crippen LogP contribution in [-0.4, -0.2) is 66.1 Å². The molecule has 1 amide bonds. The van der Waals surface area contributed by atoms with Gasteiger partial charge in [-0.25, -0.2) is 0 Å². The SMILES string of the molecule is O=C(O)CCCN1CCN(C(=O)c2ccccc2OC(F)F)CC1. The fourth-order valence-electron chi connectivity index (χ4n) is 2.64. The maximum Gasteiger partial charge on any atom is 0.387 e. The lowest BCUT2D eigenvalue weighted by molar-refractivity contribution is -0.137. The van der Waals surface area contributed by atoms with Crippen LogP contribution in [0.25, 0.3) is 0 Å². The van der Waals surface area contributed by atoms with E-state index in [1.807, 2.05) is 0 Å². The van der Waals surface area contributed by atoms with Crippen molar-refractivity contribution in [3.63, 3.8) is 0 Å². The van der Waals surface area contributed by atoms with Crippen LogP contribution in [-0.2, 0) is 4.79 Å². The molecule has 0 aliphatic carbocycles. The molecule has 132 valence electrons. The molecule has 1 aliphatic heterocycles. The van der Waals surface area contributed by atoms with Crippen LogP contribution in [0.15, 0.2) is 24.3 Å². The molecular weight excluding hydrogens is 322 g/mol. The number of hydrogen-bond donors (Lipinski definition) is 1. The summed E-state index contributed by atoms with van der Waals surface area (Å²) in [6.45, 7) is -0.125. The number of amides is 1. The molecule has 6 nitrogen and oxygen atoms in total. The third-order valence-corrected chi connectivity index (χ3v) is 3.86. The first-order valence-electron chi connectivity index (χ1n) is 7.74.